The molecule has 0 aliphatic carbocycles. The number of carbonyl (C=O) groups is 1. The van der Waals surface area contributed by atoms with Crippen LogP contribution in [0.2, 0.25) is 0 Å². The van der Waals surface area contributed by atoms with Crippen LogP contribution in [-0.2, 0) is 0 Å². The Balaban J connectivity index is 2.54. The number of hydrogen-bond acceptors (Lipinski definition) is 3. The molecule has 1 aromatic carbocycles. The Morgan fingerprint density at radius 1 is 1.35 bits per heavy atom. The standard InChI is InChI=1S/C13H21N3O/c1-2-3-8-16-13(17)11-5-4-6-12(10-11)15-9-7-14/h4-6,10,15H,2-3,7-9,14H2,1H3,(H,16,17). The molecule has 4 heteroatoms. The van der Waals surface area contributed by atoms with Crippen molar-refractivity contribution in [1.82, 2.24) is 5.32 Å². The van der Waals surface area contributed by atoms with Gasteiger partial charge in [-0.05, 0) is 24.6 Å². The largest absolute Gasteiger partial charge is 0.384 e. The molecule has 0 unspecified atom stereocenters. The summed E-state index contributed by atoms with van der Waals surface area (Å²) in [6.45, 7) is 4.12. The number of rotatable bonds is 7. The fourth-order valence-electron chi connectivity index (χ4n) is 1.47. The Morgan fingerprint density at radius 2 is 2.18 bits per heavy atom. The molecule has 0 bridgehead atoms. The van der Waals surface area contributed by atoms with Crippen LogP contribution < -0.4 is 16.4 Å². The highest BCUT2D eigenvalue weighted by Crippen LogP contribution is 2.10. The molecule has 0 saturated carbocycles. The van der Waals surface area contributed by atoms with Crippen LogP contribution in [0.5, 0.6) is 0 Å². The van der Waals surface area contributed by atoms with E-state index >= 15 is 0 Å². The fraction of sp³-hybridized carbons (Fsp3) is 0.462. The first-order valence-corrected chi connectivity index (χ1v) is 6.10. The van der Waals surface area contributed by atoms with E-state index in [1.807, 2.05) is 24.3 Å². The average molecular weight is 235 g/mol. The van der Waals surface area contributed by atoms with E-state index in [2.05, 4.69) is 17.6 Å². The number of amides is 1. The van der Waals surface area contributed by atoms with E-state index in [4.69, 9.17) is 5.73 Å². The molecular weight excluding hydrogens is 214 g/mol. The number of anilines is 1. The zero-order chi connectivity index (χ0) is 12.5. The fourth-order valence-corrected chi connectivity index (χ4v) is 1.47. The molecule has 1 amide bonds. The monoisotopic (exact) mass is 235 g/mol. The van der Waals surface area contributed by atoms with Gasteiger partial charge in [-0.1, -0.05) is 19.4 Å². The lowest BCUT2D eigenvalue weighted by molar-refractivity contribution is 0.0953. The Morgan fingerprint density at radius 3 is 2.88 bits per heavy atom. The number of nitrogens with one attached hydrogen (secondary N) is 2. The summed E-state index contributed by atoms with van der Waals surface area (Å²) in [5.41, 5.74) is 7.03. The molecule has 0 radical (unpaired) electrons. The van der Waals surface area contributed by atoms with Crippen LogP contribution in [0.25, 0.3) is 0 Å². The van der Waals surface area contributed by atoms with Gasteiger partial charge in [-0.3, -0.25) is 4.79 Å². The number of benzene rings is 1. The molecule has 1 aromatic rings. The Labute approximate surface area is 103 Å². The lowest BCUT2D eigenvalue weighted by Gasteiger charge is -2.08. The van der Waals surface area contributed by atoms with Gasteiger partial charge in [0, 0.05) is 30.9 Å². The van der Waals surface area contributed by atoms with Crippen molar-refractivity contribution in [2.75, 3.05) is 25.0 Å². The molecule has 0 atom stereocenters. The summed E-state index contributed by atoms with van der Waals surface area (Å²) in [6.07, 6.45) is 2.09. The molecule has 0 saturated heterocycles. The van der Waals surface area contributed by atoms with E-state index in [-0.39, 0.29) is 5.91 Å². The van der Waals surface area contributed by atoms with Crippen LogP contribution in [0.1, 0.15) is 30.1 Å². The van der Waals surface area contributed by atoms with Gasteiger partial charge in [-0.25, -0.2) is 0 Å². The van der Waals surface area contributed by atoms with E-state index in [9.17, 15) is 4.79 Å². The molecule has 94 valence electrons. The zero-order valence-corrected chi connectivity index (χ0v) is 10.3. The van der Waals surface area contributed by atoms with E-state index in [0.717, 1.165) is 25.1 Å². The zero-order valence-electron chi connectivity index (χ0n) is 10.3. The van der Waals surface area contributed by atoms with Crippen molar-refractivity contribution in [3.05, 3.63) is 29.8 Å². The van der Waals surface area contributed by atoms with Gasteiger partial charge < -0.3 is 16.4 Å². The summed E-state index contributed by atoms with van der Waals surface area (Å²) >= 11 is 0. The normalized spacial score (nSPS) is 10.0. The molecule has 1 rings (SSSR count). The van der Waals surface area contributed by atoms with Gasteiger partial charge in [0.1, 0.15) is 0 Å². The second-order valence-electron chi connectivity index (χ2n) is 3.91. The lowest BCUT2D eigenvalue weighted by Crippen LogP contribution is -2.24. The Bertz CT molecular complexity index is 352. The molecule has 0 fully saturated rings. The van der Waals surface area contributed by atoms with Gasteiger partial charge in [-0.15, -0.1) is 0 Å². The molecule has 0 aliphatic rings. The average Bonchev–Trinajstić information content (AvgIpc) is 2.37. The van der Waals surface area contributed by atoms with Crippen LogP contribution in [0.15, 0.2) is 24.3 Å². The third kappa shape index (κ3) is 4.87. The van der Waals surface area contributed by atoms with Crippen molar-refractivity contribution in [2.24, 2.45) is 5.73 Å². The quantitative estimate of drug-likeness (QED) is 0.629. The highest BCUT2D eigenvalue weighted by Gasteiger charge is 2.04. The SMILES string of the molecule is CCCCNC(=O)c1cccc(NCCN)c1. The second kappa shape index (κ2) is 7.68. The van der Waals surface area contributed by atoms with E-state index in [0.29, 0.717) is 18.7 Å². The van der Waals surface area contributed by atoms with E-state index in [1.54, 1.807) is 0 Å². The van der Waals surface area contributed by atoms with Gasteiger partial charge in [0.05, 0.1) is 0 Å². The van der Waals surface area contributed by atoms with Crippen LogP contribution in [0.4, 0.5) is 5.69 Å². The molecule has 0 aromatic heterocycles. The Kier molecular flexibility index (Phi) is 6.10. The summed E-state index contributed by atoms with van der Waals surface area (Å²) in [4.78, 5) is 11.8. The van der Waals surface area contributed by atoms with Crippen LogP contribution in [-0.4, -0.2) is 25.5 Å². The topological polar surface area (TPSA) is 67.2 Å². The molecule has 0 heterocycles. The molecular formula is C13H21N3O. The third-order valence-corrected chi connectivity index (χ3v) is 2.41. The summed E-state index contributed by atoms with van der Waals surface area (Å²) in [7, 11) is 0. The number of hydrogen-bond donors (Lipinski definition) is 3. The van der Waals surface area contributed by atoms with E-state index in [1.165, 1.54) is 0 Å². The van der Waals surface area contributed by atoms with Crippen molar-refractivity contribution in [3.63, 3.8) is 0 Å². The van der Waals surface area contributed by atoms with Crippen molar-refractivity contribution >= 4 is 11.6 Å². The molecule has 4 N–H and O–H groups in total. The van der Waals surface area contributed by atoms with E-state index < -0.39 is 0 Å². The third-order valence-electron chi connectivity index (χ3n) is 2.41. The van der Waals surface area contributed by atoms with Crippen LogP contribution >= 0.6 is 0 Å². The highest BCUT2D eigenvalue weighted by molar-refractivity contribution is 5.95. The summed E-state index contributed by atoms with van der Waals surface area (Å²) in [5.74, 6) is -0.0187. The first kappa shape index (κ1) is 13.5. The second-order valence-corrected chi connectivity index (χ2v) is 3.91. The number of unbranched alkanes of at least 4 members (excludes halogenated alkanes) is 1. The summed E-state index contributed by atoms with van der Waals surface area (Å²) in [5, 5.41) is 6.04. The predicted molar refractivity (Wildman–Crippen MR) is 71.2 cm³/mol. The molecule has 0 spiro atoms. The van der Waals surface area contributed by atoms with Gasteiger partial charge in [0.25, 0.3) is 5.91 Å². The van der Waals surface area contributed by atoms with Crippen molar-refractivity contribution in [2.45, 2.75) is 19.8 Å². The van der Waals surface area contributed by atoms with Gasteiger partial charge in [-0.2, -0.15) is 0 Å². The summed E-state index contributed by atoms with van der Waals surface area (Å²) in [6, 6.07) is 7.46. The number of nitrogens with two attached hydrogens (primary N) is 1. The minimum Gasteiger partial charge on any atom is -0.384 e. The smallest absolute Gasteiger partial charge is 0.251 e. The molecule has 17 heavy (non-hydrogen) atoms. The van der Waals surface area contributed by atoms with Crippen LogP contribution in [0.3, 0.4) is 0 Å². The maximum atomic E-state index is 11.8. The first-order valence-electron chi connectivity index (χ1n) is 6.10. The highest BCUT2D eigenvalue weighted by atomic mass is 16.1. The van der Waals surface area contributed by atoms with Crippen molar-refractivity contribution in [1.29, 1.82) is 0 Å². The minimum atomic E-state index is -0.0187. The molecule has 0 aliphatic heterocycles. The van der Waals surface area contributed by atoms with Gasteiger partial charge in [0.15, 0.2) is 0 Å². The van der Waals surface area contributed by atoms with Crippen LogP contribution in [0, 0.1) is 0 Å². The predicted octanol–water partition coefficient (Wildman–Crippen LogP) is 1.59. The van der Waals surface area contributed by atoms with Gasteiger partial charge >= 0.3 is 0 Å². The maximum Gasteiger partial charge on any atom is 0.251 e. The van der Waals surface area contributed by atoms with Gasteiger partial charge in [0.2, 0.25) is 0 Å². The van der Waals surface area contributed by atoms with Crippen molar-refractivity contribution < 1.29 is 4.79 Å². The number of carbonyl (C=O) groups excluding carboxylic acids is 1. The Hall–Kier alpha value is -1.55. The van der Waals surface area contributed by atoms with Crippen molar-refractivity contribution in [3.8, 4) is 0 Å². The first-order chi connectivity index (χ1) is 8.27. The minimum absolute atomic E-state index is 0.0187. The maximum absolute atomic E-state index is 11.8. The molecule has 4 nitrogen and oxygen atoms in total. The lowest BCUT2D eigenvalue weighted by atomic mass is 10.2. The summed E-state index contributed by atoms with van der Waals surface area (Å²) < 4.78 is 0.